The van der Waals surface area contributed by atoms with Crippen LogP contribution in [-0.4, -0.2) is 4.98 Å². The van der Waals surface area contributed by atoms with Gasteiger partial charge in [-0.25, -0.2) is 4.98 Å². The summed E-state index contributed by atoms with van der Waals surface area (Å²) < 4.78 is 1.73. The summed E-state index contributed by atoms with van der Waals surface area (Å²) in [6.07, 6.45) is 0. The number of aromatic nitrogens is 1. The maximum Gasteiger partial charge on any atom is 0.106 e. The highest BCUT2D eigenvalue weighted by molar-refractivity contribution is 9.10. The van der Waals surface area contributed by atoms with Crippen LogP contribution in [-0.2, 0) is 6.54 Å². The molecule has 0 saturated heterocycles. The molecule has 0 aliphatic heterocycles. The third-order valence-electron chi connectivity index (χ3n) is 2.17. The number of hydrogen-bond donors (Lipinski definition) is 1. The van der Waals surface area contributed by atoms with Crippen LogP contribution in [0.4, 0.5) is 5.69 Å². The highest BCUT2D eigenvalue weighted by Gasteiger charge is 2.00. The minimum Gasteiger partial charge on any atom is -0.379 e. The van der Waals surface area contributed by atoms with E-state index in [9.17, 15) is 0 Å². The van der Waals surface area contributed by atoms with Crippen molar-refractivity contribution in [3.63, 3.8) is 0 Å². The lowest BCUT2D eigenvalue weighted by Crippen LogP contribution is -2.01. The molecule has 0 atom stereocenters. The first-order valence-electron chi connectivity index (χ1n) is 4.95. The highest BCUT2D eigenvalue weighted by atomic mass is 79.9. The van der Waals surface area contributed by atoms with E-state index in [2.05, 4.69) is 42.2 Å². The maximum atomic E-state index is 6.01. The zero-order chi connectivity index (χ0) is 12.3. The molecule has 0 radical (unpaired) electrons. The first-order chi connectivity index (χ1) is 8.15. The van der Waals surface area contributed by atoms with Gasteiger partial charge in [-0.1, -0.05) is 17.7 Å². The molecule has 0 bridgehead atoms. The first kappa shape index (κ1) is 12.9. The van der Waals surface area contributed by atoms with E-state index in [0.717, 1.165) is 20.5 Å². The van der Waals surface area contributed by atoms with Crippen LogP contribution in [0.1, 0.15) is 5.69 Å². The fraction of sp³-hybridized carbons (Fsp3) is 0.0833. The number of rotatable bonds is 3. The van der Waals surface area contributed by atoms with Gasteiger partial charge >= 0.3 is 0 Å². The van der Waals surface area contributed by atoms with Crippen molar-refractivity contribution in [2.45, 2.75) is 6.54 Å². The minimum atomic E-state index is 0.664. The summed E-state index contributed by atoms with van der Waals surface area (Å²) in [7, 11) is 0. The molecule has 5 heteroatoms. The minimum absolute atomic E-state index is 0.664. The molecule has 0 aliphatic carbocycles. The van der Waals surface area contributed by atoms with E-state index in [1.54, 1.807) is 0 Å². The number of anilines is 1. The van der Waals surface area contributed by atoms with Gasteiger partial charge in [0.1, 0.15) is 4.60 Å². The molecule has 2 nitrogen and oxygen atoms in total. The average Bonchev–Trinajstić information content (AvgIpc) is 2.31. The summed E-state index contributed by atoms with van der Waals surface area (Å²) in [5.74, 6) is 0. The zero-order valence-electron chi connectivity index (χ0n) is 8.75. The standard InChI is InChI=1S/C12H9Br2ClN2/c13-10-5-4-8(6-11(10)15)16-7-9-2-1-3-12(14)17-9/h1-6,16H,7H2. The molecule has 1 N–H and O–H groups in total. The highest BCUT2D eigenvalue weighted by Crippen LogP contribution is 2.25. The van der Waals surface area contributed by atoms with Crippen molar-refractivity contribution < 1.29 is 0 Å². The lowest BCUT2D eigenvalue weighted by atomic mass is 10.3. The van der Waals surface area contributed by atoms with Gasteiger partial charge in [0, 0.05) is 10.2 Å². The van der Waals surface area contributed by atoms with Gasteiger partial charge in [-0.15, -0.1) is 0 Å². The number of benzene rings is 1. The third kappa shape index (κ3) is 3.69. The fourth-order valence-electron chi connectivity index (χ4n) is 1.35. The predicted molar refractivity (Wildman–Crippen MR) is 78.4 cm³/mol. The van der Waals surface area contributed by atoms with Crippen molar-refractivity contribution in [2.24, 2.45) is 0 Å². The summed E-state index contributed by atoms with van der Waals surface area (Å²) in [5.41, 5.74) is 1.94. The summed E-state index contributed by atoms with van der Waals surface area (Å²) in [6, 6.07) is 11.6. The largest absolute Gasteiger partial charge is 0.379 e. The van der Waals surface area contributed by atoms with Crippen LogP contribution < -0.4 is 5.32 Å². The summed E-state index contributed by atoms with van der Waals surface area (Å²) in [4.78, 5) is 4.34. The Bertz CT molecular complexity index is 532. The Morgan fingerprint density at radius 3 is 2.71 bits per heavy atom. The molecule has 0 aliphatic rings. The Morgan fingerprint density at radius 1 is 1.18 bits per heavy atom. The Balaban J connectivity index is 2.05. The molecule has 0 unspecified atom stereocenters. The Labute approximate surface area is 122 Å². The second-order valence-corrected chi connectivity index (χ2v) is 5.51. The van der Waals surface area contributed by atoms with E-state index in [4.69, 9.17) is 11.6 Å². The first-order valence-corrected chi connectivity index (χ1v) is 6.92. The number of halogens is 3. The molecule has 88 valence electrons. The van der Waals surface area contributed by atoms with Crippen LogP contribution in [0, 0.1) is 0 Å². The van der Waals surface area contributed by atoms with Crippen LogP contribution in [0.15, 0.2) is 45.5 Å². The summed E-state index contributed by atoms with van der Waals surface area (Å²) >= 11 is 12.7. The molecule has 0 amide bonds. The second-order valence-electron chi connectivity index (χ2n) is 3.43. The molecule has 0 saturated carbocycles. The van der Waals surface area contributed by atoms with E-state index in [0.29, 0.717) is 11.6 Å². The molecule has 2 rings (SSSR count). The van der Waals surface area contributed by atoms with Gasteiger partial charge in [0.15, 0.2) is 0 Å². The molecule has 2 aromatic rings. The molecule has 0 spiro atoms. The van der Waals surface area contributed by atoms with Gasteiger partial charge in [-0.05, 0) is 62.2 Å². The SMILES string of the molecule is Clc1cc(NCc2cccc(Br)n2)ccc1Br. The fourth-order valence-corrected chi connectivity index (χ4v) is 2.16. The lowest BCUT2D eigenvalue weighted by Gasteiger charge is -2.07. The van der Waals surface area contributed by atoms with Gasteiger partial charge in [-0.3, -0.25) is 0 Å². The Kier molecular flexibility index (Phi) is 4.42. The van der Waals surface area contributed by atoms with Crippen LogP contribution in [0.2, 0.25) is 5.02 Å². The van der Waals surface area contributed by atoms with Gasteiger partial charge in [0.2, 0.25) is 0 Å². The molecular weight excluding hydrogens is 367 g/mol. The third-order valence-corrected chi connectivity index (χ3v) is 3.84. The Morgan fingerprint density at radius 2 is 2.00 bits per heavy atom. The molecule has 0 fully saturated rings. The van der Waals surface area contributed by atoms with E-state index in [-0.39, 0.29) is 0 Å². The lowest BCUT2D eigenvalue weighted by molar-refractivity contribution is 1.03. The van der Waals surface area contributed by atoms with Crippen molar-refractivity contribution in [1.29, 1.82) is 0 Å². The topological polar surface area (TPSA) is 24.9 Å². The second kappa shape index (κ2) is 5.85. The van der Waals surface area contributed by atoms with Crippen molar-refractivity contribution in [3.8, 4) is 0 Å². The van der Waals surface area contributed by atoms with Gasteiger partial charge in [-0.2, -0.15) is 0 Å². The van der Waals surface area contributed by atoms with Crippen molar-refractivity contribution >= 4 is 49.1 Å². The van der Waals surface area contributed by atoms with Gasteiger partial charge in [0.25, 0.3) is 0 Å². The van der Waals surface area contributed by atoms with Crippen LogP contribution in [0.5, 0.6) is 0 Å². The van der Waals surface area contributed by atoms with E-state index in [1.807, 2.05) is 36.4 Å². The van der Waals surface area contributed by atoms with E-state index < -0.39 is 0 Å². The van der Waals surface area contributed by atoms with Crippen molar-refractivity contribution in [2.75, 3.05) is 5.32 Å². The average molecular weight is 376 g/mol. The van der Waals surface area contributed by atoms with E-state index in [1.165, 1.54) is 0 Å². The number of nitrogens with zero attached hydrogens (tertiary/aromatic N) is 1. The molecule has 1 aromatic carbocycles. The molecule has 17 heavy (non-hydrogen) atoms. The van der Waals surface area contributed by atoms with Gasteiger partial charge < -0.3 is 5.32 Å². The van der Waals surface area contributed by atoms with E-state index >= 15 is 0 Å². The smallest absolute Gasteiger partial charge is 0.106 e. The Hall–Kier alpha value is -0.580. The van der Waals surface area contributed by atoms with Crippen LogP contribution in [0.3, 0.4) is 0 Å². The predicted octanol–water partition coefficient (Wildman–Crippen LogP) is 4.87. The molecule has 1 heterocycles. The van der Waals surface area contributed by atoms with Gasteiger partial charge in [0.05, 0.1) is 17.3 Å². The summed E-state index contributed by atoms with van der Waals surface area (Å²) in [6.45, 7) is 0.664. The monoisotopic (exact) mass is 374 g/mol. The van der Waals surface area contributed by atoms with Crippen molar-refractivity contribution in [3.05, 3.63) is 56.2 Å². The number of hydrogen-bond acceptors (Lipinski definition) is 2. The molecule has 1 aromatic heterocycles. The summed E-state index contributed by atoms with van der Waals surface area (Å²) in [5, 5.41) is 3.96. The normalized spacial score (nSPS) is 10.3. The van der Waals surface area contributed by atoms with Crippen LogP contribution >= 0.6 is 43.5 Å². The molecular formula is C12H9Br2ClN2. The number of pyridine rings is 1. The number of nitrogens with one attached hydrogen (secondary N) is 1. The zero-order valence-corrected chi connectivity index (χ0v) is 12.7. The van der Waals surface area contributed by atoms with Crippen molar-refractivity contribution in [1.82, 2.24) is 4.98 Å². The quantitative estimate of drug-likeness (QED) is 0.773. The van der Waals surface area contributed by atoms with Crippen LogP contribution in [0.25, 0.3) is 0 Å². The maximum absolute atomic E-state index is 6.01.